The third kappa shape index (κ3) is 2.90. The summed E-state index contributed by atoms with van der Waals surface area (Å²) in [5, 5.41) is 9.60. The highest BCUT2D eigenvalue weighted by Crippen LogP contribution is 2.28. The fourth-order valence-electron chi connectivity index (χ4n) is 2.37. The quantitative estimate of drug-likeness (QED) is 0.673. The van der Waals surface area contributed by atoms with Gasteiger partial charge in [-0.25, -0.2) is 0 Å². The summed E-state index contributed by atoms with van der Waals surface area (Å²) < 4.78 is 0. The molecule has 20 heavy (non-hydrogen) atoms. The van der Waals surface area contributed by atoms with Crippen LogP contribution in [0.1, 0.15) is 10.4 Å². The third-order valence-electron chi connectivity index (χ3n) is 3.41. The van der Waals surface area contributed by atoms with Gasteiger partial charge in [0.1, 0.15) is 5.84 Å². The van der Waals surface area contributed by atoms with E-state index in [9.17, 15) is 0 Å². The average Bonchev–Trinajstić information content (AvgIpc) is 3.10. The summed E-state index contributed by atoms with van der Waals surface area (Å²) in [5.74, 6) is 2.53. The molecule has 0 amide bonds. The Bertz CT molecular complexity index is 598. The molecule has 0 bridgehead atoms. The second-order valence-corrected chi connectivity index (χ2v) is 6.85. The zero-order valence-electron chi connectivity index (χ0n) is 11.1. The Morgan fingerprint density at radius 1 is 1.25 bits per heavy atom. The fourth-order valence-corrected chi connectivity index (χ4v) is 4.14. The van der Waals surface area contributed by atoms with Crippen molar-refractivity contribution in [3.8, 4) is 11.1 Å². The second kappa shape index (κ2) is 5.99. The first-order valence-electron chi connectivity index (χ1n) is 6.55. The monoisotopic (exact) mass is 303 g/mol. The molecule has 1 aliphatic rings. The molecule has 2 aromatic rings. The molecule has 0 aliphatic carbocycles. The highest BCUT2D eigenvalue weighted by atomic mass is 32.2. The summed E-state index contributed by atoms with van der Waals surface area (Å²) in [6.45, 7) is 2.21. The second-order valence-electron chi connectivity index (χ2n) is 4.86. The molecule has 104 valence electrons. The molecule has 2 heterocycles. The summed E-state index contributed by atoms with van der Waals surface area (Å²) in [6, 6.07) is 10.7. The van der Waals surface area contributed by atoms with E-state index in [1.165, 1.54) is 29.2 Å². The SMILES string of the molecule is N=C(N)c1sccc1-c1ccc(CN2CCSC2)cc1. The minimum atomic E-state index is 0.146. The van der Waals surface area contributed by atoms with Crippen LogP contribution in [0.15, 0.2) is 35.7 Å². The van der Waals surface area contributed by atoms with Crippen molar-refractivity contribution in [3.63, 3.8) is 0 Å². The lowest BCUT2D eigenvalue weighted by atomic mass is 10.0. The predicted molar refractivity (Wildman–Crippen MR) is 88.5 cm³/mol. The number of amidine groups is 1. The molecule has 1 aliphatic heterocycles. The number of hydrogen-bond acceptors (Lipinski definition) is 4. The van der Waals surface area contributed by atoms with Gasteiger partial charge >= 0.3 is 0 Å². The Kier molecular flexibility index (Phi) is 4.10. The molecule has 3 rings (SSSR count). The molecule has 5 heteroatoms. The van der Waals surface area contributed by atoms with Crippen molar-refractivity contribution in [2.24, 2.45) is 5.73 Å². The van der Waals surface area contributed by atoms with Crippen molar-refractivity contribution < 1.29 is 0 Å². The van der Waals surface area contributed by atoms with E-state index >= 15 is 0 Å². The third-order valence-corrected chi connectivity index (χ3v) is 5.37. The summed E-state index contributed by atoms with van der Waals surface area (Å²) in [6.07, 6.45) is 0. The fraction of sp³-hybridized carbons (Fsp3) is 0.267. The number of nitrogens with zero attached hydrogens (tertiary/aromatic N) is 1. The van der Waals surface area contributed by atoms with Gasteiger partial charge in [-0.3, -0.25) is 10.3 Å². The highest BCUT2D eigenvalue weighted by Gasteiger charge is 2.13. The summed E-state index contributed by atoms with van der Waals surface area (Å²) >= 11 is 3.52. The van der Waals surface area contributed by atoms with Gasteiger partial charge in [0.05, 0.1) is 4.88 Å². The maximum absolute atomic E-state index is 7.61. The summed E-state index contributed by atoms with van der Waals surface area (Å²) in [5.41, 5.74) is 9.16. The van der Waals surface area contributed by atoms with Crippen LogP contribution in [0.5, 0.6) is 0 Å². The standard InChI is InChI=1S/C15H17N3S2/c16-15(17)14-13(5-7-20-14)12-3-1-11(2-4-12)9-18-6-8-19-10-18/h1-5,7H,6,8-10H2,(H3,16,17). The van der Waals surface area contributed by atoms with Gasteiger partial charge in [0.25, 0.3) is 0 Å². The van der Waals surface area contributed by atoms with Gasteiger partial charge < -0.3 is 5.73 Å². The van der Waals surface area contributed by atoms with Crippen LogP contribution < -0.4 is 5.73 Å². The van der Waals surface area contributed by atoms with E-state index in [1.807, 2.05) is 23.2 Å². The molecule has 3 N–H and O–H groups in total. The van der Waals surface area contributed by atoms with Crippen molar-refractivity contribution in [3.05, 3.63) is 46.2 Å². The van der Waals surface area contributed by atoms with E-state index in [0.29, 0.717) is 0 Å². The molecule has 0 unspecified atom stereocenters. The molecular formula is C15H17N3S2. The van der Waals surface area contributed by atoms with E-state index in [0.717, 1.165) is 28.4 Å². The van der Waals surface area contributed by atoms with Gasteiger partial charge in [-0.15, -0.1) is 23.1 Å². The number of thioether (sulfide) groups is 1. The van der Waals surface area contributed by atoms with Crippen molar-refractivity contribution in [2.45, 2.75) is 6.54 Å². The number of benzene rings is 1. The predicted octanol–water partition coefficient (Wildman–Crippen LogP) is 3.21. The van der Waals surface area contributed by atoms with Crippen molar-refractivity contribution >= 4 is 28.9 Å². The van der Waals surface area contributed by atoms with Gasteiger partial charge in [-0.1, -0.05) is 24.3 Å². The van der Waals surface area contributed by atoms with Crippen molar-refractivity contribution in [2.75, 3.05) is 18.2 Å². The van der Waals surface area contributed by atoms with Gasteiger partial charge in [0.2, 0.25) is 0 Å². The Morgan fingerprint density at radius 2 is 2.05 bits per heavy atom. The van der Waals surface area contributed by atoms with Crippen LogP contribution in [-0.4, -0.2) is 28.9 Å². The van der Waals surface area contributed by atoms with Crippen LogP contribution in [0.25, 0.3) is 11.1 Å². The first-order chi connectivity index (χ1) is 9.74. The average molecular weight is 303 g/mol. The Balaban J connectivity index is 1.78. The van der Waals surface area contributed by atoms with E-state index in [-0.39, 0.29) is 5.84 Å². The maximum Gasteiger partial charge on any atom is 0.133 e. The van der Waals surface area contributed by atoms with Gasteiger partial charge in [-0.2, -0.15) is 0 Å². The number of nitrogens with one attached hydrogen (secondary N) is 1. The topological polar surface area (TPSA) is 53.1 Å². The van der Waals surface area contributed by atoms with E-state index in [1.54, 1.807) is 0 Å². The molecule has 0 spiro atoms. The minimum absolute atomic E-state index is 0.146. The summed E-state index contributed by atoms with van der Waals surface area (Å²) in [7, 11) is 0. The van der Waals surface area contributed by atoms with Crippen LogP contribution in [0, 0.1) is 5.41 Å². The molecule has 1 fully saturated rings. The lowest BCUT2D eigenvalue weighted by molar-refractivity contribution is 0.349. The lowest BCUT2D eigenvalue weighted by Gasteiger charge is -2.14. The van der Waals surface area contributed by atoms with Crippen LogP contribution in [0.4, 0.5) is 0 Å². The largest absolute Gasteiger partial charge is 0.383 e. The van der Waals surface area contributed by atoms with Crippen LogP contribution in [-0.2, 0) is 6.54 Å². The molecule has 0 saturated carbocycles. The lowest BCUT2D eigenvalue weighted by Crippen LogP contribution is -2.18. The molecule has 0 atom stereocenters. The first kappa shape index (κ1) is 13.7. The van der Waals surface area contributed by atoms with Crippen LogP contribution in [0.2, 0.25) is 0 Å². The molecular weight excluding hydrogens is 286 g/mol. The van der Waals surface area contributed by atoms with E-state index < -0.39 is 0 Å². The highest BCUT2D eigenvalue weighted by molar-refractivity contribution is 7.99. The molecule has 3 nitrogen and oxygen atoms in total. The van der Waals surface area contributed by atoms with Crippen molar-refractivity contribution in [1.29, 1.82) is 5.41 Å². The Labute approximate surface area is 127 Å². The first-order valence-corrected chi connectivity index (χ1v) is 8.59. The Morgan fingerprint density at radius 3 is 2.70 bits per heavy atom. The number of hydrogen-bond donors (Lipinski definition) is 2. The van der Waals surface area contributed by atoms with Crippen LogP contribution in [0.3, 0.4) is 0 Å². The number of nitrogen functional groups attached to an aromatic ring is 1. The number of nitrogens with two attached hydrogens (primary N) is 1. The molecule has 1 aromatic carbocycles. The van der Waals surface area contributed by atoms with Gasteiger partial charge in [-0.05, 0) is 22.6 Å². The zero-order chi connectivity index (χ0) is 13.9. The number of rotatable bonds is 4. The van der Waals surface area contributed by atoms with E-state index in [2.05, 4.69) is 29.2 Å². The summed E-state index contributed by atoms with van der Waals surface area (Å²) in [4.78, 5) is 3.32. The van der Waals surface area contributed by atoms with Gasteiger partial charge in [0, 0.05) is 30.3 Å². The van der Waals surface area contributed by atoms with Crippen molar-refractivity contribution in [1.82, 2.24) is 4.90 Å². The minimum Gasteiger partial charge on any atom is -0.383 e. The number of thiophene rings is 1. The normalized spacial score (nSPS) is 15.6. The van der Waals surface area contributed by atoms with Crippen LogP contribution >= 0.6 is 23.1 Å². The smallest absolute Gasteiger partial charge is 0.133 e. The maximum atomic E-state index is 7.61. The zero-order valence-corrected chi connectivity index (χ0v) is 12.8. The Hall–Kier alpha value is -1.30. The molecule has 1 saturated heterocycles. The van der Waals surface area contributed by atoms with Gasteiger partial charge in [0.15, 0.2) is 0 Å². The molecule has 0 radical (unpaired) electrons. The van der Waals surface area contributed by atoms with E-state index in [4.69, 9.17) is 11.1 Å². The molecule has 1 aromatic heterocycles.